The van der Waals surface area contributed by atoms with Crippen molar-refractivity contribution >= 4 is 11.9 Å². The smallest absolute Gasteiger partial charge is 0.317 e. The van der Waals surface area contributed by atoms with Gasteiger partial charge in [-0.2, -0.15) is 5.21 Å². The van der Waals surface area contributed by atoms with E-state index < -0.39 is 0 Å². The van der Waals surface area contributed by atoms with Crippen molar-refractivity contribution in [3.63, 3.8) is 0 Å². The molecule has 2 aliphatic heterocycles. The number of aromatic nitrogens is 4. The van der Waals surface area contributed by atoms with Crippen molar-refractivity contribution in [1.82, 2.24) is 36.2 Å². The first-order valence-corrected chi connectivity index (χ1v) is 20.5. The van der Waals surface area contributed by atoms with Gasteiger partial charge in [0.2, 0.25) is 5.91 Å². The first-order valence-electron chi connectivity index (χ1n) is 20.5. The third-order valence-electron chi connectivity index (χ3n) is 15.9. The van der Waals surface area contributed by atoms with E-state index in [4.69, 9.17) is 9.47 Å². The zero-order chi connectivity index (χ0) is 34.7. The summed E-state index contributed by atoms with van der Waals surface area (Å²) in [6, 6.07) is 0.514. The molecule has 0 bridgehead atoms. The van der Waals surface area contributed by atoms with Crippen LogP contribution in [0.3, 0.4) is 0 Å². The Labute approximate surface area is 298 Å². The van der Waals surface area contributed by atoms with Gasteiger partial charge in [0.25, 0.3) is 0 Å². The first kappa shape index (κ1) is 34.8. The van der Waals surface area contributed by atoms with Crippen LogP contribution in [0.1, 0.15) is 130 Å². The fraction of sp³-hybridized carbons (Fsp3) is 0.923. The van der Waals surface area contributed by atoms with Crippen LogP contribution in [0.15, 0.2) is 0 Å². The zero-order valence-corrected chi connectivity index (χ0v) is 31.1. The molecule has 5 saturated carbocycles. The molecule has 1 spiro atoms. The molecule has 7 aliphatic rings. The highest BCUT2D eigenvalue weighted by Gasteiger charge is 2.69. The van der Waals surface area contributed by atoms with E-state index in [0.717, 1.165) is 69.3 Å². The number of nitrogens with one attached hydrogen (secondary N) is 3. The van der Waals surface area contributed by atoms with Crippen LogP contribution in [-0.4, -0.2) is 81.1 Å². The molecule has 2 saturated heterocycles. The molecular weight excluding hydrogens is 630 g/mol. The second kappa shape index (κ2) is 13.6. The molecular formula is C39H63N7O4. The fourth-order valence-electron chi connectivity index (χ4n) is 13.3. The molecule has 50 heavy (non-hydrogen) atoms. The molecule has 0 radical (unpaired) electrons. The molecule has 1 aromatic rings. The number of ether oxygens (including phenoxy) is 2. The molecule has 278 valence electrons. The zero-order valence-electron chi connectivity index (χ0n) is 31.1. The van der Waals surface area contributed by atoms with Gasteiger partial charge in [-0.1, -0.05) is 52.2 Å². The molecule has 1 aromatic heterocycles. The Morgan fingerprint density at radius 3 is 2.52 bits per heavy atom. The SMILES string of the molecule is C[C@H]1CC[C@@]2(OC1)OC1CC3[C@@H]4CC[C@@H]5C[C@H](NC(=O)N(CCNC(=O)Cc6nn[nH]n6)C6CCCCC6)CC[C@]5(C)C4CC[C@]3(C)C1[C@@H]2C. The number of rotatable bonds is 7. The van der Waals surface area contributed by atoms with E-state index in [9.17, 15) is 9.59 Å². The first-order chi connectivity index (χ1) is 24.1. The molecule has 3 heterocycles. The molecule has 0 aromatic carbocycles. The second-order valence-corrected chi connectivity index (χ2v) is 18.4. The average molecular weight is 694 g/mol. The summed E-state index contributed by atoms with van der Waals surface area (Å²) in [7, 11) is 0. The van der Waals surface area contributed by atoms with Gasteiger partial charge in [0.15, 0.2) is 11.6 Å². The van der Waals surface area contributed by atoms with Gasteiger partial charge < -0.3 is 25.0 Å². The minimum atomic E-state index is -0.338. The maximum atomic E-state index is 14.0. The van der Waals surface area contributed by atoms with Crippen molar-refractivity contribution in [2.24, 2.45) is 52.3 Å². The number of carbonyl (C=O) groups is 2. The quantitative estimate of drug-likeness (QED) is 0.318. The molecule has 3 amide bonds. The van der Waals surface area contributed by atoms with Gasteiger partial charge >= 0.3 is 6.03 Å². The number of carbonyl (C=O) groups excluding carboxylic acids is 2. The summed E-state index contributed by atoms with van der Waals surface area (Å²) in [5, 5.41) is 20.2. The highest BCUT2D eigenvalue weighted by atomic mass is 16.7. The van der Waals surface area contributed by atoms with E-state index in [1.54, 1.807) is 0 Å². The van der Waals surface area contributed by atoms with Crippen molar-refractivity contribution in [1.29, 1.82) is 0 Å². The largest absolute Gasteiger partial charge is 0.354 e. The van der Waals surface area contributed by atoms with Crippen LogP contribution in [0, 0.1) is 52.3 Å². The van der Waals surface area contributed by atoms with Crippen LogP contribution in [0.2, 0.25) is 0 Å². The number of nitrogens with zero attached hydrogens (tertiary/aromatic N) is 4. The number of amides is 3. The number of H-pyrrole nitrogens is 1. The van der Waals surface area contributed by atoms with Gasteiger partial charge in [-0.05, 0) is 117 Å². The van der Waals surface area contributed by atoms with Gasteiger partial charge in [-0.3, -0.25) is 4.79 Å². The van der Waals surface area contributed by atoms with Crippen LogP contribution in [0.25, 0.3) is 0 Å². The minimum Gasteiger partial charge on any atom is -0.354 e. The molecule has 11 nitrogen and oxygen atoms in total. The van der Waals surface area contributed by atoms with Crippen molar-refractivity contribution in [3.8, 4) is 0 Å². The third-order valence-corrected chi connectivity index (χ3v) is 15.9. The predicted octanol–water partition coefficient (Wildman–Crippen LogP) is 6.02. The normalized spacial score (nSPS) is 44.1. The summed E-state index contributed by atoms with van der Waals surface area (Å²) in [5.41, 5.74) is 0.705. The topological polar surface area (TPSA) is 134 Å². The summed E-state index contributed by atoms with van der Waals surface area (Å²) < 4.78 is 13.6. The second-order valence-electron chi connectivity index (χ2n) is 18.4. The fourth-order valence-corrected chi connectivity index (χ4v) is 13.3. The van der Waals surface area contributed by atoms with Gasteiger partial charge in [-0.25, -0.2) is 4.79 Å². The van der Waals surface area contributed by atoms with Gasteiger partial charge in [0.1, 0.15) is 0 Å². The number of hydrogen-bond acceptors (Lipinski definition) is 7. The molecule has 5 aliphatic carbocycles. The average Bonchev–Trinajstić information content (AvgIpc) is 3.79. The maximum Gasteiger partial charge on any atom is 0.317 e. The lowest BCUT2D eigenvalue weighted by Crippen LogP contribution is -2.57. The Kier molecular flexibility index (Phi) is 9.47. The number of fused-ring (bicyclic) bond motifs is 7. The van der Waals surface area contributed by atoms with Gasteiger partial charge in [0, 0.05) is 37.5 Å². The number of aromatic amines is 1. The standard InChI is InChI=1S/C39H63N7O4/c1-24-12-17-39(49-23-24)25(2)35-32(50-39)21-31-29-11-10-26-20-27(13-15-37(26,3)30(29)14-16-38(31,35)4)41-36(48)46(28-8-6-5-7-9-28)19-18-40-34(47)22-33-42-44-45-43-33/h24-32,35H,5-23H2,1-4H3,(H,40,47)(H,41,48)(H,42,43,44,45)/t24-,25-,26+,27+,29+,30?,31?,32?,35?,37-,38-,39+/m0/s1. The third kappa shape index (κ3) is 6.07. The Balaban J connectivity index is 0.884. The molecule has 3 N–H and O–H groups in total. The van der Waals surface area contributed by atoms with E-state index in [1.165, 1.54) is 51.4 Å². The van der Waals surface area contributed by atoms with E-state index in [0.29, 0.717) is 59.5 Å². The summed E-state index contributed by atoms with van der Waals surface area (Å²) in [5.74, 6) is 4.60. The van der Waals surface area contributed by atoms with Crippen molar-refractivity contribution in [2.45, 2.75) is 154 Å². The lowest BCUT2D eigenvalue weighted by atomic mass is 9.44. The molecule has 12 atom stereocenters. The number of hydrogen-bond donors (Lipinski definition) is 3. The Hall–Kier alpha value is -2.27. The van der Waals surface area contributed by atoms with Crippen molar-refractivity contribution < 1.29 is 19.1 Å². The van der Waals surface area contributed by atoms with Crippen molar-refractivity contribution in [2.75, 3.05) is 19.7 Å². The van der Waals surface area contributed by atoms with E-state index in [1.807, 2.05) is 4.90 Å². The van der Waals surface area contributed by atoms with Gasteiger partial charge in [0.05, 0.1) is 19.1 Å². The lowest BCUT2D eigenvalue weighted by Gasteiger charge is -2.61. The monoisotopic (exact) mass is 693 g/mol. The molecule has 11 heteroatoms. The minimum absolute atomic E-state index is 0.0563. The maximum absolute atomic E-state index is 14.0. The van der Waals surface area contributed by atoms with E-state index in [2.05, 4.69) is 59.0 Å². The molecule has 7 fully saturated rings. The lowest BCUT2D eigenvalue weighted by molar-refractivity contribution is -0.273. The summed E-state index contributed by atoms with van der Waals surface area (Å²) >= 11 is 0. The summed E-state index contributed by atoms with van der Waals surface area (Å²) in [6.07, 6.45) is 18.2. The Morgan fingerprint density at radius 2 is 1.76 bits per heavy atom. The highest BCUT2D eigenvalue weighted by Crippen LogP contribution is 2.71. The van der Waals surface area contributed by atoms with E-state index in [-0.39, 0.29) is 36.2 Å². The van der Waals surface area contributed by atoms with Crippen LogP contribution in [0.5, 0.6) is 0 Å². The number of urea groups is 1. The summed E-state index contributed by atoms with van der Waals surface area (Å²) in [4.78, 5) is 28.5. The molecule has 8 rings (SSSR count). The predicted molar refractivity (Wildman–Crippen MR) is 189 cm³/mol. The van der Waals surface area contributed by atoms with Crippen LogP contribution < -0.4 is 10.6 Å². The Bertz CT molecular complexity index is 1360. The highest BCUT2D eigenvalue weighted by molar-refractivity contribution is 5.78. The molecule has 4 unspecified atom stereocenters. The van der Waals surface area contributed by atoms with Gasteiger partial charge in [-0.15, -0.1) is 10.2 Å². The van der Waals surface area contributed by atoms with Crippen LogP contribution >= 0.6 is 0 Å². The summed E-state index contributed by atoms with van der Waals surface area (Å²) in [6.45, 7) is 11.8. The Morgan fingerprint density at radius 1 is 0.940 bits per heavy atom. The number of tetrazole rings is 1. The van der Waals surface area contributed by atoms with Crippen LogP contribution in [-0.2, 0) is 20.7 Å². The van der Waals surface area contributed by atoms with E-state index >= 15 is 0 Å². The van der Waals surface area contributed by atoms with Crippen LogP contribution in [0.4, 0.5) is 4.79 Å². The van der Waals surface area contributed by atoms with Crippen molar-refractivity contribution in [3.05, 3.63) is 5.82 Å².